The molecule has 6 heteroatoms. The Labute approximate surface area is 130 Å². The van der Waals surface area contributed by atoms with Crippen molar-refractivity contribution in [2.24, 2.45) is 5.73 Å². The smallest absolute Gasteiger partial charge is 0.0837 e. The number of nitrogens with zero attached hydrogens (tertiary/aromatic N) is 2. The molecular weight excluding hydrogens is 349 g/mol. The number of nitrogens with two attached hydrogens (primary N) is 1. The van der Waals surface area contributed by atoms with Crippen LogP contribution in [0.4, 0.5) is 0 Å². The van der Waals surface area contributed by atoms with Gasteiger partial charge >= 0.3 is 0 Å². The van der Waals surface area contributed by atoms with Crippen molar-refractivity contribution < 1.29 is 0 Å². The minimum atomic E-state index is -0.414. The van der Waals surface area contributed by atoms with Crippen LogP contribution in [0.3, 0.4) is 0 Å². The molecule has 1 aromatic carbocycles. The lowest BCUT2D eigenvalue weighted by molar-refractivity contribution is 0.499. The topological polar surface area (TPSA) is 43.8 Å². The van der Waals surface area contributed by atoms with Gasteiger partial charge in [-0.1, -0.05) is 39.1 Å². The molecule has 1 heterocycles. The predicted octanol–water partition coefficient (Wildman–Crippen LogP) is 4.58. The summed E-state index contributed by atoms with van der Waals surface area (Å²) in [6.45, 7) is 4.06. The van der Waals surface area contributed by atoms with Gasteiger partial charge in [0.15, 0.2) is 0 Å². The van der Waals surface area contributed by atoms with Gasteiger partial charge in [-0.25, -0.2) is 0 Å². The van der Waals surface area contributed by atoms with E-state index in [0.717, 1.165) is 15.7 Å². The number of hydrogen-bond acceptors (Lipinski definition) is 2. The van der Waals surface area contributed by atoms with Crippen LogP contribution in [-0.4, -0.2) is 9.78 Å². The molecule has 1 unspecified atom stereocenters. The molecule has 102 valence electrons. The molecule has 0 radical (unpaired) electrons. The predicted molar refractivity (Wildman–Crippen MR) is 82.8 cm³/mol. The third-order valence-electron chi connectivity index (χ3n) is 2.86. The highest BCUT2D eigenvalue weighted by molar-refractivity contribution is 9.10. The molecule has 2 rings (SSSR count). The average molecular weight is 363 g/mol. The van der Waals surface area contributed by atoms with Gasteiger partial charge in [-0.05, 0) is 37.6 Å². The van der Waals surface area contributed by atoms with Crippen molar-refractivity contribution in [3.63, 3.8) is 0 Å². The summed E-state index contributed by atoms with van der Waals surface area (Å²) in [4.78, 5) is 0. The Bertz CT molecular complexity index is 596. The minimum Gasteiger partial charge on any atom is -0.319 e. The van der Waals surface area contributed by atoms with Gasteiger partial charge in [0.1, 0.15) is 0 Å². The summed E-state index contributed by atoms with van der Waals surface area (Å²) in [5.41, 5.74) is 7.91. The molecule has 3 nitrogen and oxygen atoms in total. The van der Waals surface area contributed by atoms with Gasteiger partial charge in [-0.15, -0.1) is 0 Å². The second-order valence-electron chi connectivity index (χ2n) is 4.56. The fraction of sp³-hybridized carbons (Fsp3) is 0.308. The normalized spacial score (nSPS) is 13.0. The highest BCUT2D eigenvalue weighted by Crippen LogP contribution is 2.33. The molecule has 0 saturated heterocycles. The highest BCUT2D eigenvalue weighted by Gasteiger charge is 2.22. The number of benzene rings is 1. The second kappa shape index (κ2) is 5.83. The van der Waals surface area contributed by atoms with E-state index in [-0.39, 0.29) is 6.04 Å². The monoisotopic (exact) mass is 361 g/mol. The third-order valence-corrected chi connectivity index (χ3v) is 3.99. The lowest BCUT2D eigenvalue weighted by Gasteiger charge is -2.19. The first-order chi connectivity index (χ1) is 8.91. The number of hydrogen-bond donors (Lipinski definition) is 1. The summed E-state index contributed by atoms with van der Waals surface area (Å²) in [6.07, 6.45) is 1.61. The summed E-state index contributed by atoms with van der Waals surface area (Å²) in [6, 6.07) is 5.35. The molecule has 2 N–H and O–H groups in total. The van der Waals surface area contributed by atoms with Crippen LogP contribution in [0.5, 0.6) is 0 Å². The fourth-order valence-corrected chi connectivity index (χ4v) is 2.82. The van der Waals surface area contributed by atoms with E-state index < -0.39 is 6.04 Å². The minimum absolute atomic E-state index is 0.180. The van der Waals surface area contributed by atoms with Crippen LogP contribution in [0.2, 0.25) is 10.0 Å². The SMILES string of the molecule is CC(C)n1ncc(Cl)c1C(N)c1cc(Br)ccc1Cl. The molecule has 1 atom stereocenters. The Hall–Kier alpha value is -0.550. The van der Waals surface area contributed by atoms with Crippen molar-refractivity contribution in [2.75, 3.05) is 0 Å². The van der Waals surface area contributed by atoms with Crippen LogP contribution < -0.4 is 5.73 Å². The van der Waals surface area contributed by atoms with Crippen LogP contribution in [0.15, 0.2) is 28.9 Å². The lowest BCUT2D eigenvalue weighted by Crippen LogP contribution is -2.19. The molecular formula is C13H14BrCl2N3. The Kier molecular flexibility index (Phi) is 4.56. The van der Waals surface area contributed by atoms with Crippen LogP contribution >= 0.6 is 39.1 Å². The number of rotatable bonds is 3. The number of halogens is 3. The summed E-state index contributed by atoms with van der Waals surface area (Å²) < 4.78 is 2.75. The standard InChI is InChI=1S/C13H14BrCl2N3/c1-7(2)19-13(11(16)6-18-19)12(17)9-5-8(14)3-4-10(9)15/h3-7,12H,17H2,1-2H3. The van der Waals surface area contributed by atoms with Crippen LogP contribution in [-0.2, 0) is 0 Å². The first kappa shape index (κ1) is 14.9. The zero-order valence-electron chi connectivity index (χ0n) is 10.6. The first-order valence-electron chi connectivity index (χ1n) is 5.85. The zero-order chi connectivity index (χ0) is 14.2. The van der Waals surface area contributed by atoms with E-state index >= 15 is 0 Å². The van der Waals surface area contributed by atoms with Crippen LogP contribution in [0, 0.1) is 0 Å². The first-order valence-corrected chi connectivity index (χ1v) is 7.40. The van der Waals surface area contributed by atoms with Crippen molar-refractivity contribution in [3.8, 4) is 0 Å². The molecule has 0 amide bonds. The Morgan fingerprint density at radius 1 is 1.26 bits per heavy atom. The van der Waals surface area contributed by atoms with Crippen molar-refractivity contribution in [2.45, 2.75) is 25.9 Å². The molecule has 19 heavy (non-hydrogen) atoms. The maximum Gasteiger partial charge on any atom is 0.0837 e. The lowest BCUT2D eigenvalue weighted by atomic mass is 10.0. The van der Waals surface area contributed by atoms with Gasteiger partial charge in [0.05, 0.1) is 23.0 Å². The maximum absolute atomic E-state index is 6.32. The van der Waals surface area contributed by atoms with E-state index in [2.05, 4.69) is 21.0 Å². The largest absolute Gasteiger partial charge is 0.319 e. The fourth-order valence-electron chi connectivity index (χ4n) is 1.95. The highest BCUT2D eigenvalue weighted by atomic mass is 79.9. The Morgan fingerprint density at radius 2 is 1.95 bits per heavy atom. The summed E-state index contributed by atoms with van der Waals surface area (Å²) >= 11 is 15.9. The van der Waals surface area contributed by atoms with Crippen LogP contribution in [0.25, 0.3) is 0 Å². The van der Waals surface area contributed by atoms with E-state index in [0.29, 0.717) is 10.0 Å². The van der Waals surface area contributed by atoms with Crippen molar-refractivity contribution in [3.05, 3.63) is 50.2 Å². The number of aromatic nitrogens is 2. The summed E-state index contributed by atoms with van der Waals surface area (Å²) in [7, 11) is 0. The van der Waals surface area contributed by atoms with Gasteiger partial charge in [0.2, 0.25) is 0 Å². The second-order valence-corrected chi connectivity index (χ2v) is 6.29. The average Bonchev–Trinajstić information content (AvgIpc) is 2.73. The summed E-state index contributed by atoms with van der Waals surface area (Å²) in [5.74, 6) is 0. The van der Waals surface area contributed by atoms with Crippen LogP contribution in [0.1, 0.15) is 37.2 Å². The van der Waals surface area contributed by atoms with Gasteiger partial charge in [0.25, 0.3) is 0 Å². The zero-order valence-corrected chi connectivity index (χ0v) is 13.7. The van der Waals surface area contributed by atoms with E-state index in [4.69, 9.17) is 28.9 Å². The molecule has 0 spiro atoms. The van der Waals surface area contributed by atoms with Crippen molar-refractivity contribution in [1.29, 1.82) is 0 Å². The Morgan fingerprint density at radius 3 is 2.58 bits per heavy atom. The quantitative estimate of drug-likeness (QED) is 0.868. The third kappa shape index (κ3) is 2.97. The molecule has 2 aromatic rings. The van der Waals surface area contributed by atoms with Crippen molar-refractivity contribution >= 4 is 39.1 Å². The van der Waals surface area contributed by atoms with Gasteiger partial charge < -0.3 is 5.73 Å². The molecule has 0 aliphatic carbocycles. The maximum atomic E-state index is 6.32. The van der Waals surface area contributed by atoms with Gasteiger partial charge in [0, 0.05) is 15.5 Å². The molecule has 0 fully saturated rings. The van der Waals surface area contributed by atoms with Gasteiger partial charge in [-0.3, -0.25) is 4.68 Å². The molecule has 0 bridgehead atoms. The molecule has 0 aliphatic rings. The van der Waals surface area contributed by atoms with E-state index in [1.54, 1.807) is 6.20 Å². The molecule has 0 aliphatic heterocycles. The van der Waals surface area contributed by atoms with E-state index in [1.807, 2.05) is 36.7 Å². The van der Waals surface area contributed by atoms with E-state index in [1.165, 1.54) is 0 Å². The van der Waals surface area contributed by atoms with Crippen molar-refractivity contribution in [1.82, 2.24) is 9.78 Å². The summed E-state index contributed by atoms with van der Waals surface area (Å²) in [5, 5.41) is 5.43. The van der Waals surface area contributed by atoms with Gasteiger partial charge in [-0.2, -0.15) is 5.10 Å². The molecule has 0 saturated carbocycles. The molecule has 1 aromatic heterocycles. The Balaban J connectivity index is 2.52. The van der Waals surface area contributed by atoms with E-state index in [9.17, 15) is 0 Å².